The number of likely N-dealkylation sites (N-methyl/N-ethyl adjacent to an activating group) is 1. The summed E-state index contributed by atoms with van der Waals surface area (Å²) in [6.07, 6.45) is 1.16. The summed E-state index contributed by atoms with van der Waals surface area (Å²) in [7, 11) is 0. The van der Waals surface area contributed by atoms with E-state index in [1.165, 1.54) is 12.1 Å². The van der Waals surface area contributed by atoms with Gasteiger partial charge in [-0.3, -0.25) is 0 Å². The van der Waals surface area contributed by atoms with Gasteiger partial charge in [-0.25, -0.2) is 4.39 Å². The molecular formula is C13H22FN3. The molecule has 0 aliphatic heterocycles. The first-order valence-corrected chi connectivity index (χ1v) is 6.18. The third kappa shape index (κ3) is 4.61. The van der Waals surface area contributed by atoms with Crippen LogP contribution >= 0.6 is 0 Å². The van der Waals surface area contributed by atoms with Crippen LogP contribution in [0.25, 0.3) is 0 Å². The molecule has 0 heterocycles. The average Bonchev–Trinajstić information content (AvgIpc) is 2.30. The van der Waals surface area contributed by atoms with Gasteiger partial charge < -0.3 is 16.0 Å². The fraction of sp³-hybridized carbons (Fsp3) is 0.538. The molecule has 17 heavy (non-hydrogen) atoms. The van der Waals surface area contributed by atoms with E-state index in [0.29, 0.717) is 5.69 Å². The van der Waals surface area contributed by atoms with Gasteiger partial charge in [0.25, 0.3) is 0 Å². The maximum absolute atomic E-state index is 12.8. The first-order chi connectivity index (χ1) is 8.17. The molecule has 0 unspecified atom stereocenters. The van der Waals surface area contributed by atoms with E-state index < -0.39 is 0 Å². The first kappa shape index (κ1) is 13.8. The van der Waals surface area contributed by atoms with Crippen LogP contribution in [-0.2, 0) is 0 Å². The Kier molecular flexibility index (Phi) is 5.77. The third-order valence-corrected chi connectivity index (χ3v) is 2.74. The van der Waals surface area contributed by atoms with Gasteiger partial charge in [0.1, 0.15) is 5.82 Å². The molecule has 0 aliphatic rings. The van der Waals surface area contributed by atoms with E-state index in [1.54, 1.807) is 6.07 Å². The number of rotatable bonds is 7. The van der Waals surface area contributed by atoms with Gasteiger partial charge in [0.05, 0.1) is 11.4 Å². The maximum Gasteiger partial charge on any atom is 0.125 e. The normalized spacial score (nSPS) is 10.8. The molecule has 4 heteroatoms. The molecule has 0 amide bonds. The van der Waals surface area contributed by atoms with Gasteiger partial charge in [-0.2, -0.15) is 0 Å². The summed E-state index contributed by atoms with van der Waals surface area (Å²) in [5.74, 6) is -0.297. The van der Waals surface area contributed by atoms with Crippen molar-refractivity contribution in [3.05, 3.63) is 24.0 Å². The number of nitrogen functional groups attached to an aromatic ring is 1. The Morgan fingerprint density at radius 1 is 1.29 bits per heavy atom. The second-order valence-corrected chi connectivity index (χ2v) is 4.09. The topological polar surface area (TPSA) is 41.3 Å². The minimum absolute atomic E-state index is 0.297. The summed E-state index contributed by atoms with van der Waals surface area (Å²) in [5, 5.41) is 3.23. The van der Waals surface area contributed by atoms with Gasteiger partial charge in [-0.1, -0.05) is 13.8 Å². The fourth-order valence-corrected chi connectivity index (χ4v) is 1.79. The highest BCUT2D eigenvalue weighted by Gasteiger charge is 2.02. The molecule has 1 aromatic carbocycles. The predicted molar refractivity (Wildman–Crippen MR) is 71.7 cm³/mol. The van der Waals surface area contributed by atoms with Gasteiger partial charge in [-0.15, -0.1) is 0 Å². The Morgan fingerprint density at radius 2 is 2.06 bits per heavy atom. The van der Waals surface area contributed by atoms with Crippen LogP contribution in [0.1, 0.15) is 20.3 Å². The Bertz CT molecular complexity index is 341. The SMILES string of the molecule is CCCN(CC)CCNc1ccc(F)cc1N. The quantitative estimate of drug-likeness (QED) is 0.718. The van der Waals surface area contributed by atoms with Crippen LogP contribution in [0.4, 0.5) is 15.8 Å². The number of anilines is 2. The molecule has 0 aliphatic carbocycles. The number of hydrogen-bond donors (Lipinski definition) is 2. The zero-order valence-electron chi connectivity index (χ0n) is 10.7. The lowest BCUT2D eigenvalue weighted by molar-refractivity contribution is 0.300. The van der Waals surface area contributed by atoms with Crippen LogP contribution in [0.2, 0.25) is 0 Å². The molecule has 3 nitrogen and oxygen atoms in total. The molecule has 0 spiro atoms. The zero-order chi connectivity index (χ0) is 12.7. The van der Waals surface area contributed by atoms with E-state index in [4.69, 9.17) is 5.73 Å². The minimum Gasteiger partial charge on any atom is -0.397 e. The van der Waals surface area contributed by atoms with Crippen molar-refractivity contribution in [1.29, 1.82) is 0 Å². The lowest BCUT2D eigenvalue weighted by Gasteiger charge is -2.20. The molecule has 3 N–H and O–H groups in total. The minimum atomic E-state index is -0.297. The zero-order valence-corrected chi connectivity index (χ0v) is 10.7. The summed E-state index contributed by atoms with van der Waals surface area (Å²) in [6.45, 7) is 8.28. The van der Waals surface area contributed by atoms with E-state index in [-0.39, 0.29) is 5.82 Å². The molecule has 1 aromatic rings. The number of benzene rings is 1. The van der Waals surface area contributed by atoms with Crippen LogP contribution in [0.15, 0.2) is 18.2 Å². The molecule has 0 saturated heterocycles. The van der Waals surface area contributed by atoms with E-state index in [2.05, 4.69) is 24.1 Å². The number of halogens is 1. The van der Waals surface area contributed by atoms with Crippen molar-refractivity contribution in [2.45, 2.75) is 20.3 Å². The number of hydrogen-bond acceptors (Lipinski definition) is 3. The molecule has 0 radical (unpaired) electrons. The van der Waals surface area contributed by atoms with Crippen LogP contribution in [0.5, 0.6) is 0 Å². The van der Waals surface area contributed by atoms with Crippen LogP contribution in [-0.4, -0.2) is 31.1 Å². The highest BCUT2D eigenvalue weighted by atomic mass is 19.1. The highest BCUT2D eigenvalue weighted by molar-refractivity contribution is 5.65. The van der Waals surface area contributed by atoms with Gasteiger partial charge in [0, 0.05) is 13.1 Å². The fourth-order valence-electron chi connectivity index (χ4n) is 1.79. The highest BCUT2D eigenvalue weighted by Crippen LogP contribution is 2.18. The second-order valence-electron chi connectivity index (χ2n) is 4.09. The largest absolute Gasteiger partial charge is 0.397 e. The Labute approximate surface area is 103 Å². The van der Waals surface area contributed by atoms with E-state index in [9.17, 15) is 4.39 Å². The number of nitrogens with one attached hydrogen (secondary N) is 1. The van der Waals surface area contributed by atoms with Crippen molar-refractivity contribution in [3.63, 3.8) is 0 Å². The maximum atomic E-state index is 12.8. The molecule has 96 valence electrons. The molecule has 0 aromatic heterocycles. The molecule has 1 rings (SSSR count). The van der Waals surface area contributed by atoms with Crippen LogP contribution in [0, 0.1) is 5.82 Å². The van der Waals surface area contributed by atoms with Crippen molar-refractivity contribution in [2.75, 3.05) is 37.2 Å². The van der Waals surface area contributed by atoms with E-state index in [1.807, 2.05) is 0 Å². The summed E-state index contributed by atoms with van der Waals surface area (Å²) >= 11 is 0. The molecular weight excluding hydrogens is 217 g/mol. The van der Waals surface area contributed by atoms with Crippen LogP contribution < -0.4 is 11.1 Å². The third-order valence-electron chi connectivity index (χ3n) is 2.74. The standard InChI is InChI=1S/C13H22FN3/c1-3-8-17(4-2)9-7-16-13-6-5-11(14)10-12(13)15/h5-6,10,16H,3-4,7-9,15H2,1-2H3. The van der Waals surface area contributed by atoms with Crippen molar-refractivity contribution in [3.8, 4) is 0 Å². The van der Waals surface area contributed by atoms with Crippen LogP contribution in [0.3, 0.4) is 0 Å². The summed E-state index contributed by atoms with van der Waals surface area (Å²) in [4.78, 5) is 2.37. The van der Waals surface area contributed by atoms with Crippen molar-refractivity contribution < 1.29 is 4.39 Å². The lowest BCUT2D eigenvalue weighted by atomic mass is 10.2. The van der Waals surface area contributed by atoms with Gasteiger partial charge in [0.2, 0.25) is 0 Å². The first-order valence-electron chi connectivity index (χ1n) is 6.18. The average molecular weight is 239 g/mol. The summed E-state index contributed by atoms with van der Waals surface area (Å²) in [6, 6.07) is 4.44. The number of nitrogens with two attached hydrogens (primary N) is 1. The Balaban J connectivity index is 2.39. The Morgan fingerprint density at radius 3 is 2.65 bits per heavy atom. The summed E-state index contributed by atoms with van der Waals surface area (Å²) < 4.78 is 12.8. The monoisotopic (exact) mass is 239 g/mol. The van der Waals surface area contributed by atoms with Gasteiger partial charge >= 0.3 is 0 Å². The second kappa shape index (κ2) is 7.12. The number of nitrogens with zero attached hydrogens (tertiary/aromatic N) is 1. The molecule has 0 atom stereocenters. The smallest absolute Gasteiger partial charge is 0.125 e. The predicted octanol–water partition coefficient (Wildman–Crippen LogP) is 2.55. The molecule has 0 bridgehead atoms. The van der Waals surface area contributed by atoms with Crippen molar-refractivity contribution in [2.24, 2.45) is 0 Å². The summed E-state index contributed by atoms with van der Waals surface area (Å²) in [5.41, 5.74) is 6.98. The van der Waals surface area contributed by atoms with E-state index in [0.717, 1.165) is 38.3 Å². The molecule has 0 saturated carbocycles. The van der Waals surface area contributed by atoms with Crippen molar-refractivity contribution >= 4 is 11.4 Å². The van der Waals surface area contributed by atoms with Crippen molar-refractivity contribution in [1.82, 2.24) is 4.90 Å². The van der Waals surface area contributed by atoms with Gasteiger partial charge in [-0.05, 0) is 37.7 Å². The Hall–Kier alpha value is -1.29. The van der Waals surface area contributed by atoms with E-state index >= 15 is 0 Å². The molecule has 0 fully saturated rings. The van der Waals surface area contributed by atoms with Gasteiger partial charge in [0.15, 0.2) is 0 Å². The lowest BCUT2D eigenvalue weighted by Crippen LogP contribution is -2.29.